The van der Waals surface area contributed by atoms with Crippen LogP contribution in [0, 0.1) is 5.82 Å². The molecule has 0 spiro atoms. The molecule has 0 saturated carbocycles. The first-order chi connectivity index (χ1) is 10.0. The molecule has 1 aromatic carbocycles. The first-order valence-electron chi connectivity index (χ1n) is 6.25. The van der Waals surface area contributed by atoms with Gasteiger partial charge in [-0.3, -0.25) is 0 Å². The molecule has 2 rings (SSSR count). The minimum Gasteiger partial charge on any atom is -0.497 e. The summed E-state index contributed by atoms with van der Waals surface area (Å²) in [5, 5.41) is 6.55. The van der Waals surface area contributed by atoms with Gasteiger partial charge in [-0.15, -0.1) is 0 Å². The summed E-state index contributed by atoms with van der Waals surface area (Å²) >= 11 is 12.1. The Kier molecular flexibility index (Phi) is 5.09. The van der Waals surface area contributed by atoms with Crippen LogP contribution in [-0.4, -0.2) is 18.6 Å². The van der Waals surface area contributed by atoms with Crippen LogP contribution in [0.4, 0.5) is 21.7 Å². The lowest BCUT2D eigenvalue weighted by atomic mass is 10.3. The predicted molar refractivity (Wildman–Crippen MR) is 84.7 cm³/mol. The zero-order valence-electron chi connectivity index (χ0n) is 11.5. The molecule has 0 aliphatic heterocycles. The summed E-state index contributed by atoms with van der Waals surface area (Å²) in [6.45, 7) is 2.57. The number of anilines is 3. The molecule has 0 fully saturated rings. The molecule has 2 N–H and O–H groups in total. The topological polar surface area (TPSA) is 46.2 Å². The molecule has 0 aliphatic rings. The largest absolute Gasteiger partial charge is 0.497 e. The van der Waals surface area contributed by atoms with Gasteiger partial charge in [0, 0.05) is 12.6 Å². The summed E-state index contributed by atoms with van der Waals surface area (Å²) in [7, 11) is 1.51. The van der Waals surface area contributed by atoms with Crippen molar-refractivity contribution in [2.24, 2.45) is 0 Å². The van der Waals surface area contributed by atoms with Crippen LogP contribution < -0.4 is 15.4 Å². The van der Waals surface area contributed by atoms with E-state index in [4.69, 9.17) is 27.9 Å². The number of hydrogen-bond acceptors (Lipinski definition) is 4. The summed E-state index contributed by atoms with van der Waals surface area (Å²) in [4.78, 5) is 4.26. The van der Waals surface area contributed by atoms with Crippen LogP contribution in [0.3, 0.4) is 0 Å². The van der Waals surface area contributed by atoms with Crippen LogP contribution in [-0.2, 0) is 0 Å². The number of benzene rings is 1. The highest BCUT2D eigenvalue weighted by atomic mass is 35.5. The molecule has 7 heteroatoms. The van der Waals surface area contributed by atoms with Crippen molar-refractivity contribution in [3.05, 3.63) is 40.1 Å². The molecule has 0 bridgehead atoms. The van der Waals surface area contributed by atoms with Crippen molar-refractivity contribution in [1.82, 2.24) is 4.98 Å². The summed E-state index contributed by atoms with van der Waals surface area (Å²) in [6.07, 6.45) is 0. The summed E-state index contributed by atoms with van der Waals surface area (Å²) in [6, 6.07) is 5.90. The molecule has 0 aliphatic carbocycles. The van der Waals surface area contributed by atoms with E-state index in [0.29, 0.717) is 34.0 Å². The summed E-state index contributed by atoms with van der Waals surface area (Å²) < 4.78 is 18.9. The first-order valence-corrected chi connectivity index (χ1v) is 7.01. The number of hydrogen-bond donors (Lipinski definition) is 2. The standard InChI is InChI=1S/C14H14Cl2FN3O/c1-3-18-13-9(15)7-10(16)14(20-13)19-12-6-8(21-2)4-5-11(12)17/h4-7H,3H2,1-2H3,(H2,18,19,20). The van der Waals surface area contributed by atoms with Crippen molar-refractivity contribution < 1.29 is 9.13 Å². The molecule has 0 saturated heterocycles. The Morgan fingerprint density at radius 1 is 1.19 bits per heavy atom. The maximum atomic E-state index is 13.8. The van der Waals surface area contributed by atoms with Crippen LogP contribution in [0.1, 0.15) is 6.92 Å². The number of rotatable bonds is 5. The molecule has 0 amide bonds. The quantitative estimate of drug-likeness (QED) is 0.833. The maximum Gasteiger partial charge on any atom is 0.151 e. The monoisotopic (exact) mass is 329 g/mol. The Balaban J connectivity index is 2.37. The van der Waals surface area contributed by atoms with Gasteiger partial charge in [0.1, 0.15) is 17.4 Å². The van der Waals surface area contributed by atoms with E-state index in [0.717, 1.165) is 0 Å². The van der Waals surface area contributed by atoms with E-state index < -0.39 is 5.82 Å². The zero-order chi connectivity index (χ0) is 15.4. The lowest BCUT2D eigenvalue weighted by Gasteiger charge is -2.13. The third-order valence-electron chi connectivity index (χ3n) is 2.70. The van der Waals surface area contributed by atoms with Crippen molar-refractivity contribution in [3.8, 4) is 5.75 Å². The Labute approximate surface area is 132 Å². The van der Waals surface area contributed by atoms with E-state index in [2.05, 4.69) is 15.6 Å². The lowest BCUT2D eigenvalue weighted by Crippen LogP contribution is -2.04. The molecule has 112 valence electrons. The number of halogens is 3. The normalized spacial score (nSPS) is 10.3. The van der Waals surface area contributed by atoms with Gasteiger partial charge in [0.25, 0.3) is 0 Å². The molecule has 0 unspecified atom stereocenters. The van der Waals surface area contributed by atoms with Gasteiger partial charge in [-0.05, 0) is 25.1 Å². The van der Waals surface area contributed by atoms with E-state index in [1.165, 1.54) is 25.3 Å². The van der Waals surface area contributed by atoms with E-state index >= 15 is 0 Å². The average Bonchev–Trinajstić information content (AvgIpc) is 2.46. The first kappa shape index (κ1) is 15.7. The van der Waals surface area contributed by atoms with Gasteiger partial charge in [0.2, 0.25) is 0 Å². The summed E-state index contributed by atoms with van der Waals surface area (Å²) in [5.74, 6) is 0.878. The number of nitrogens with one attached hydrogen (secondary N) is 2. The minimum absolute atomic E-state index is 0.216. The van der Waals surface area contributed by atoms with Crippen molar-refractivity contribution in [2.45, 2.75) is 6.92 Å². The van der Waals surface area contributed by atoms with Crippen LogP contribution >= 0.6 is 23.2 Å². The fraction of sp³-hybridized carbons (Fsp3) is 0.214. The molecular formula is C14H14Cl2FN3O. The molecule has 1 heterocycles. The van der Waals surface area contributed by atoms with Gasteiger partial charge in [-0.2, -0.15) is 0 Å². The highest BCUT2D eigenvalue weighted by Gasteiger charge is 2.11. The van der Waals surface area contributed by atoms with E-state index in [9.17, 15) is 4.39 Å². The molecule has 0 atom stereocenters. The van der Waals surface area contributed by atoms with Crippen LogP contribution in [0.5, 0.6) is 5.75 Å². The molecule has 21 heavy (non-hydrogen) atoms. The van der Waals surface area contributed by atoms with Gasteiger partial charge >= 0.3 is 0 Å². The molecule has 2 aromatic rings. The second kappa shape index (κ2) is 6.83. The Hall–Kier alpha value is -1.72. The molecular weight excluding hydrogens is 316 g/mol. The van der Waals surface area contributed by atoms with Crippen molar-refractivity contribution >= 4 is 40.5 Å². The minimum atomic E-state index is -0.436. The number of ether oxygens (including phenoxy) is 1. The zero-order valence-corrected chi connectivity index (χ0v) is 13.0. The van der Waals surface area contributed by atoms with Crippen molar-refractivity contribution in [1.29, 1.82) is 0 Å². The number of methoxy groups -OCH3 is 1. The third kappa shape index (κ3) is 3.68. The molecule has 1 aromatic heterocycles. The maximum absolute atomic E-state index is 13.8. The Morgan fingerprint density at radius 3 is 2.57 bits per heavy atom. The van der Waals surface area contributed by atoms with E-state index in [1.54, 1.807) is 6.07 Å². The Bertz CT molecular complexity index is 652. The summed E-state index contributed by atoms with van der Waals surface area (Å²) in [5.41, 5.74) is 0.216. The highest BCUT2D eigenvalue weighted by molar-refractivity contribution is 6.37. The lowest BCUT2D eigenvalue weighted by molar-refractivity contribution is 0.414. The fourth-order valence-electron chi connectivity index (χ4n) is 1.70. The Morgan fingerprint density at radius 2 is 1.90 bits per heavy atom. The van der Waals surface area contributed by atoms with Gasteiger partial charge < -0.3 is 15.4 Å². The van der Waals surface area contributed by atoms with Gasteiger partial charge in [-0.1, -0.05) is 23.2 Å². The van der Waals surface area contributed by atoms with Crippen molar-refractivity contribution in [3.63, 3.8) is 0 Å². The fourth-order valence-corrected chi connectivity index (χ4v) is 2.17. The van der Waals surface area contributed by atoms with E-state index in [1.807, 2.05) is 6.92 Å². The smallest absolute Gasteiger partial charge is 0.151 e. The van der Waals surface area contributed by atoms with Crippen molar-refractivity contribution in [2.75, 3.05) is 24.3 Å². The molecule has 4 nitrogen and oxygen atoms in total. The number of nitrogens with zero attached hydrogens (tertiary/aromatic N) is 1. The third-order valence-corrected chi connectivity index (χ3v) is 3.28. The second-order valence-corrected chi connectivity index (χ2v) is 4.96. The van der Waals surface area contributed by atoms with Crippen LogP contribution in [0.2, 0.25) is 10.0 Å². The van der Waals surface area contributed by atoms with Gasteiger partial charge in [0.15, 0.2) is 5.82 Å². The molecule has 0 radical (unpaired) electrons. The number of pyridine rings is 1. The van der Waals surface area contributed by atoms with Gasteiger partial charge in [-0.25, -0.2) is 9.37 Å². The predicted octanol–water partition coefficient (Wildman–Crippen LogP) is 4.71. The average molecular weight is 330 g/mol. The van der Waals surface area contributed by atoms with E-state index in [-0.39, 0.29) is 5.69 Å². The SMILES string of the molecule is CCNc1nc(Nc2cc(OC)ccc2F)c(Cl)cc1Cl. The highest BCUT2D eigenvalue weighted by Crippen LogP contribution is 2.32. The second-order valence-electron chi connectivity index (χ2n) is 4.15. The number of aromatic nitrogens is 1. The van der Waals surface area contributed by atoms with Crippen LogP contribution in [0.15, 0.2) is 24.3 Å². The van der Waals surface area contributed by atoms with Gasteiger partial charge in [0.05, 0.1) is 22.8 Å². The van der Waals surface area contributed by atoms with Crippen LogP contribution in [0.25, 0.3) is 0 Å².